The van der Waals surface area contributed by atoms with Crippen LogP contribution in [0.15, 0.2) is 0 Å². The van der Waals surface area contributed by atoms with Gasteiger partial charge in [-0.05, 0) is 43.1 Å². The first-order valence-corrected chi connectivity index (χ1v) is 9.41. The highest BCUT2D eigenvalue weighted by Crippen LogP contribution is 2.45. The molecule has 1 saturated carbocycles. The Balaban J connectivity index is 2.53. The molecule has 1 fully saturated rings. The Hall–Kier alpha value is -0.130. The minimum atomic E-state index is -3.17. The molecule has 0 aromatic heterocycles. The van der Waals surface area contributed by atoms with Gasteiger partial charge in [-0.15, -0.1) is 0 Å². The van der Waals surface area contributed by atoms with Gasteiger partial charge in [0.15, 0.2) is 0 Å². The number of hydrogen-bond acceptors (Lipinski definition) is 3. The fourth-order valence-electron chi connectivity index (χ4n) is 3.75. The van der Waals surface area contributed by atoms with Gasteiger partial charge < -0.3 is 5.32 Å². The first-order chi connectivity index (χ1) is 9.05. The maximum atomic E-state index is 12.1. The topological polar surface area (TPSA) is 58.2 Å². The SMILES string of the molecule is CCCNCCS(=O)(=O)NC1CC(C)(C)CC(C)(C)C1. The zero-order valence-electron chi connectivity index (χ0n) is 13.8. The first-order valence-electron chi connectivity index (χ1n) is 7.76. The lowest BCUT2D eigenvalue weighted by Crippen LogP contribution is -2.47. The Morgan fingerprint density at radius 1 is 1.05 bits per heavy atom. The van der Waals surface area contributed by atoms with Crippen LogP contribution in [0.3, 0.4) is 0 Å². The molecule has 0 unspecified atom stereocenters. The van der Waals surface area contributed by atoms with Crippen LogP contribution in [0.25, 0.3) is 0 Å². The Bertz CT molecular complexity index is 386. The van der Waals surface area contributed by atoms with Gasteiger partial charge in [-0.25, -0.2) is 13.1 Å². The molecule has 1 rings (SSSR count). The molecule has 0 aliphatic heterocycles. The lowest BCUT2D eigenvalue weighted by atomic mass is 9.64. The summed E-state index contributed by atoms with van der Waals surface area (Å²) in [5, 5.41) is 3.14. The lowest BCUT2D eigenvalue weighted by Gasteiger charge is -2.45. The summed E-state index contributed by atoms with van der Waals surface area (Å²) in [4.78, 5) is 0. The number of nitrogens with one attached hydrogen (secondary N) is 2. The Kier molecular flexibility index (Phi) is 6.05. The van der Waals surface area contributed by atoms with Crippen LogP contribution in [0, 0.1) is 10.8 Å². The average Bonchev–Trinajstić information content (AvgIpc) is 2.18. The molecular weight excluding hydrogens is 272 g/mol. The normalized spacial score (nSPS) is 22.9. The van der Waals surface area contributed by atoms with Crippen LogP contribution in [-0.2, 0) is 10.0 Å². The van der Waals surface area contributed by atoms with E-state index in [1.165, 1.54) is 0 Å². The Labute approximate surface area is 125 Å². The van der Waals surface area contributed by atoms with E-state index >= 15 is 0 Å². The van der Waals surface area contributed by atoms with Gasteiger partial charge in [-0.2, -0.15) is 0 Å². The van der Waals surface area contributed by atoms with Gasteiger partial charge in [0, 0.05) is 12.6 Å². The molecule has 0 aromatic carbocycles. The molecule has 20 heavy (non-hydrogen) atoms. The van der Waals surface area contributed by atoms with Crippen molar-refractivity contribution in [3.05, 3.63) is 0 Å². The molecule has 120 valence electrons. The van der Waals surface area contributed by atoms with Gasteiger partial charge in [0.05, 0.1) is 5.75 Å². The van der Waals surface area contributed by atoms with Gasteiger partial charge in [-0.1, -0.05) is 34.6 Å². The van der Waals surface area contributed by atoms with E-state index in [0.717, 1.165) is 32.2 Å². The monoisotopic (exact) mass is 304 g/mol. The zero-order valence-corrected chi connectivity index (χ0v) is 14.6. The largest absolute Gasteiger partial charge is 0.316 e. The predicted octanol–water partition coefficient (Wildman–Crippen LogP) is 2.51. The summed E-state index contributed by atoms with van der Waals surface area (Å²) in [6.45, 7) is 12.4. The maximum Gasteiger partial charge on any atom is 0.213 e. The van der Waals surface area contributed by atoms with Crippen molar-refractivity contribution in [2.45, 2.75) is 66.3 Å². The van der Waals surface area contributed by atoms with Crippen molar-refractivity contribution < 1.29 is 8.42 Å². The van der Waals surface area contributed by atoms with Crippen LogP contribution >= 0.6 is 0 Å². The molecule has 1 aliphatic rings. The predicted molar refractivity (Wildman–Crippen MR) is 85.3 cm³/mol. The van der Waals surface area contributed by atoms with Crippen molar-refractivity contribution in [1.82, 2.24) is 10.0 Å². The molecule has 1 aliphatic carbocycles. The van der Waals surface area contributed by atoms with Crippen molar-refractivity contribution in [3.8, 4) is 0 Å². The molecule has 0 heterocycles. The Morgan fingerprint density at radius 2 is 1.60 bits per heavy atom. The van der Waals surface area contributed by atoms with Gasteiger partial charge >= 0.3 is 0 Å². The van der Waals surface area contributed by atoms with Gasteiger partial charge in [0.2, 0.25) is 10.0 Å². The summed E-state index contributed by atoms with van der Waals surface area (Å²) in [5.41, 5.74) is 0.408. The van der Waals surface area contributed by atoms with Gasteiger partial charge in [-0.3, -0.25) is 0 Å². The van der Waals surface area contributed by atoms with E-state index in [1.807, 2.05) is 0 Å². The number of rotatable bonds is 7. The number of sulfonamides is 1. The van der Waals surface area contributed by atoms with Gasteiger partial charge in [0.1, 0.15) is 0 Å². The highest BCUT2D eigenvalue weighted by atomic mass is 32.2. The summed E-state index contributed by atoms with van der Waals surface area (Å²) in [7, 11) is -3.17. The van der Waals surface area contributed by atoms with Crippen molar-refractivity contribution in [2.75, 3.05) is 18.8 Å². The Morgan fingerprint density at radius 3 is 2.10 bits per heavy atom. The standard InChI is InChI=1S/C15H32N2O2S/c1-6-7-16-8-9-20(18,19)17-13-10-14(2,3)12-15(4,5)11-13/h13,16-17H,6-12H2,1-5H3. The van der Waals surface area contributed by atoms with Crippen molar-refractivity contribution in [3.63, 3.8) is 0 Å². The zero-order chi connectivity index (χ0) is 15.4. The molecule has 2 N–H and O–H groups in total. The molecule has 0 amide bonds. The smallest absolute Gasteiger partial charge is 0.213 e. The van der Waals surface area contributed by atoms with Crippen LogP contribution < -0.4 is 10.0 Å². The molecule has 0 bridgehead atoms. The third-order valence-electron chi connectivity index (χ3n) is 3.88. The summed E-state index contributed by atoms with van der Waals surface area (Å²) >= 11 is 0. The fourth-order valence-corrected chi connectivity index (χ4v) is 4.96. The molecule has 0 saturated heterocycles. The van der Waals surface area contributed by atoms with Crippen LogP contribution in [-0.4, -0.2) is 33.3 Å². The van der Waals surface area contributed by atoms with Gasteiger partial charge in [0.25, 0.3) is 0 Å². The summed E-state index contributed by atoms with van der Waals surface area (Å²) in [6, 6.07) is 0.0740. The summed E-state index contributed by atoms with van der Waals surface area (Å²) < 4.78 is 27.2. The molecule has 0 spiro atoms. The van der Waals surface area contributed by atoms with E-state index in [9.17, 15) is 8.42 Å². The molecule has 0 radical (unpaired) electrons. The molecule has 4 nitrogen and oxygen atoms in total. The second kappa shape index (κ2) is 6.75. The quantitative estimate of drug-likeness (QED) is 0.711. The second-order valence-corrected chi connectivity index (χ2v) is 9.67. The minimum absolute atomic E-state index is 0.0740. The van der Waals surface area contributed by atoms with E-state index in [2.05, 4.69) is 44.7 Å². The van der Waals surface area contributed by atoms with E-state index < -0.39 is 10.0 Å². The third-order valence-corrected chi connectivity index (χ3v) is 5.31. The second-order valence-electron chi connectivity index (χ2n) is 7.80. The van der Waals surface area contributed by atoms with Crippen molar-refractivity contribution in [1.29, 1.82) is 0 Å². The van der Waals surface area contributed by atoms with E-state index in [-0.39, 0.29) is 22.6 Å². The average molecular weight is 305 g/mol. The molecule has 5 heteroatoms. The molecule has 0 atom stereocenters. The first kappa shape index (κ1) is 17.9. The van der Waals surface area contributed by atoms with Crippen LogP contribution in [0.4, 0.5) is 0 Å². The van der Waals surface area contributed by atoms with Crippen molar-refractivity contribution in [2.24, 2.45) is 10.8 Å². The highest BCUT2D eigenvalue weighted by Gasteiger charge is 2.39. The molecular formula is C15H32N2O2S. The number of hydrogen-bond donors (Lipinski definition) is 2. The van der Waals surface area contributed by atoms with Crippen molar-refractivity contribution >= 4 is 10.0 Å². The minimum Gasteiger partial charge on any atom is -0.316 e. The highest BCUT2D eigenvalue weighted by molar-refractivity contribution is 7.89. The molecule has 0 aromatic rings. The fraction of sp³-hybridized carbons (Fsp3) is 1.00. The lowest BCUT2D eigenvalue weighted by molar-refractivity contribution is 0.0934. The van der Waals surface area contributed by atoms with E-state index in [4.69, 9.17) is 0 Å². The van der Waals surface area contributed by atoms with E-state index in [1.54, 1.807) is 0 Å². The maximum absolute atomic E-state index is 12.1. The summed E-state index contributed by atoms with van der Waals surface area (Å²) in [6.07, 6.45) is 4.03. The van der Waals surface area contributed by atoms with Crippen LogP contribution in [0.1, 0.15) is 60.3 Å². The third kappa shape index (κ3) is 6.55. The van der Waals surface area contributed by atoms with Crippen LogP contribution in [0.2, 0.25) is 0 Å². The van der Waals surface area contributed by atoms with E-state index in [0.29, 0.717) is 6.54 Å². The summed E-state index contributed by atoms with van der Waals surface area (Å²) in [5.74, 6) is 0.171. The van der Waals surface area contributed by atoms with Crippen LogP contribution in [0.5, 0.6) is 0 Å².